The van der Waals surface area contributed by atoms with Gasteiger partial charge < -0.3 is 8.98 Å². The molecule has 1 amide bonds. The number of thioether (sulfide) groups is 1. The molecule has 4 aromatic rings. The van der Waals surface area contributed by atoms with E-state index in [1.54, 1.807) is 33.9 Å². The second kappa shape index (κ2) is 8.92. The van der Waals surface area contributed by atoms with Crippen molar-refractivity contribution in [3.63, 3.8) is 0 Å². The monoisotopic (exact) mass is 495 g/mol. The molecule has 7 nitrogen and oxygen atoms in total. The van der Waals surface area contributed by atoms with Gasteiger partial charge >= 0.3 is 0 Å². The predicted molar refractivity (Wildman–Crippen MR) is 130 cm³/mol. The Kier molecular flexibility index (Phi) is 5.65. The molecule has 1 atom stereocenters. The second-order valence-corrected chi connectivity index (χ2v) is 11.0. The van der Waals surface area contributed by atoms with Crippen molar-refractivity contribution in [2.24, 2.45) is 5.10 Å². The van der Waals surface area contributed by atoms with E-state index in [4.69, 9.17) is 9.52 Å². The number of carbonyl (C=O) groups is 1. The van der Waals surface area contributed by atoms with E-state index in [9.17, 15) is 4.79 Å². The average Bonchev–Trinajstić information content (AvgIpc) is 3.45. The van der Waals surface area contributed by atoms with Crippen LogP contribution in [0.2, 0.25) is 0 Å². The summed E-state index contributed by atoms with van der Waals surface area (Å²) < 4.78 is 7.87. The molecule has 0 bridgehead atoms. The molecule has 0 N–H and O–H groups in total. The molecule has 0 aromatic carbocycles. The molecular weight excluding hydrogens is 474 g/mol. The fourth-order valence-electron chi connectivity index (χ4n) is 4.02. The third kappa shape index (κ3) is 4.30. The number of hydrazone groups is 1. The fourth-order valence-corrected chi connectivity index (χ4v) is 6.32. The SMILES string of the molecule is O=C(CSc1nnc(Cc2cccs2)n1C1CC1)N1N=C(c2cccs2)C[C@H]1c1ccco1. The van der Waals surface area contributed by atoms with E-state index in [2.05, 4.69) is 32.3 Å². The zero-order valence-corrected chi connectivity index (χ0v) is 20.1. The standard InChI is InChI=1S/C23H21N5O2S3/c29-22(28-18(19-5-1-9-30-19)13-17(26-28)20-6-3-11-32-20)14-33-23-25-24-21(27(23)15-7-8-15)12-16-4-2-10-31-16/h1-6,9-11,15,18H,7-8,12-14H2/t18-/m0/s1. The number of rotatable bonds is 8. The summed E-state index contributed by atoms with van der Waals surface area (Å²) in [6.07, 6.45) is 5.34. The number of nitrogens with zero attached hydrogens (tertiary/aromatic N) is 5. The summed E-state index contributed by atoms with van der Waals surface area (Å²) >= 11 is 4.81. The Hall–Kier alpha value is -2.69. The highest BCUT2D eigenvalue weighted by Gasteiger charge is 2.36. The first-order valence-electron chi connectivity index (χ1n) is 10.8. The highest BCUT2D eigenvalue weighted by Crippen LogP contribution is 2.40. The Morgan fingerprint density at radius 3 is 2.73 bits per heavy atom. The summed E-state index contributed by atoms with van der Waals surface area (Å²) in [6.45, 7) is 0. The molecule has 0 radical (unpaired) electrons. The zero-order valence-electron chi connectivity index (χ0n) is 17.7. The molecule has 0 saturated heterocycles. The number of furan rings is 1. The van der Waals surface area contributed by atoms with Crippen molar-refractivity contribution in [2.75, 3.05) is 5.75 Å². The van der Waals surface area contributed by atoms with Gasteiger partial charge in [-0.3, -0.25) is 4.79 Å². The van der Waals surface area contributed by atoms with Crippen LogP contribution in [0.15, 0.2) is 68.1 Å². The minimum absolute atomic E-state index is 0.0573. The molecule has 6 rings (SSSR count). The third-order valence-electron chi connectivity index (χ3n) is 5.73. The topological polar surface area (TPSA) is 76.5 Å². The molecule has 5 heterocycles. The summed E-state index contributed by atoms with van der Waals surface area (Å²) in [6, 6.07) is 12.2. The van der Waals surface area contributed by atoms with Gasteiger partial charge in [0.2, 0.25) is 0 Å². The lowest BCUT2D eigenvalue weighted by Crippen LogP contribution is -2.28. The Morgan fingerprint density at radius 2 is 2.00 bits per heavy atom. The quantitative estimate of drug-likeness (QED) is 0.306. The second-order valence-electron chi connectivity index (χ2n) is 8.04. The van der Waals surface area contributed by atoms with Gasteiger partial charge in [-0.25, -0.2) is 5.01 Å². The largest absolute Gasteiger partial charge is 0.467 e. The van der Waals surface area contributed by atoms with E-state index >= 15 is 0 Å². The Bertz CT molecular complexity index is 1260. The van der Waals surface area contributed by atoms with Crippen LogP contribution in [-0.2, 0) is 11.2 Å². The van der Waals surface area contributed by atoms with Crippen LogP contribution >= 0.6 is 34.4 Å². The molecule has 2 aliphatic rings. The molecule has 1 fully saturated rings. The fraction of sp³-hybridized carbons (Fsp3) is 0.304. The van der Waals surface area contributed by atoms with Gasteiger partial charge in [0.1, 0.15) is 17.6 Å². The van der Waals surface area contributed by atoms with Crippen molar-refractivity contribution in [3.8, 4) is 0 Å². The van der Waals surface area contributed by atoms with Gasteiger partial charge in [-0.2, -0.15) is 5.10 Å². The summed E-state index contributed by atoms with van der Waals surface area (Å²) in [5, 5.41) is 20.1. The van der Waals surface area contributed by atoms with Gasteiger partial charge in [0.15, 0.2) is 5.16 Å². The van der Waals surface area contributed by atoms with Crippen LogP contribution in [0.4, 0.5) is 0 Å². The lowest BCUT2D eigenvalue weighted by molar-refractivity contribution is -0.130. The maximum Gasteiger partial charge on any atom is 0.253 e. The summed E-state index contributed by atoms with van der Waals surface area (Å²) in [5.74, 6) is 1.92. The van der Waals surface area contributed by atoms with Crippen LogP contribution < -0.4 is 0 Å². The number of aromatic nitrogens is 3. The Morgan fingerprint density at radius 1 is 1.12 bits per heavy atom. The van der Waals surface area contributed by atoms with Crippen molar-refractivity contribution in [2.45, 2.75) is 42.9 Å². The van der Waals surface area contributed by atoms with Crippen molar-refractivity contribution in [3.05, 3.63) is 74.8 Å². The van der Waals surface area contributed by atoms with Gasteiger partial charge in [0.05, 0.1) is 22.6 Å². The van der Waals surface area contributed by atoms with Gasteiger partial charge in [0.25, 0.3) is 5.91 Å². The van der Waals surface area contributed by atoms with E-state index < -0.39 is 0 Å². The molecule has 10 heteroatoms. The minimum Gasteiger partial charge on any atom is -0.467 e. The van der Waals surface area contributed by atoms with Crippen molar-refractivity contribution >= 4 is 46.1 Å². The van der Waals surface area contributed by atoms with Crippen LogP contribution in [0, 0.1) is 0 Å². The van der Waals surface area contributed by atoms with Crippen molar-refractivity contribution in [1.82, 2.24) is 19.8 Å². The van der Waals surface area contributed by atoms with Gasteiger partial charge in [0, 0.05) is 23.8 Å². The first-order valence-corrected chi connectivity index (χ1v) is 13.6. The number of hydrogen-bond acceptors (Lipinski definition) is 8. The molecule has 0 unspecified atom stereocenters. The molecule has 4 aromatic heterocycles. The van der Waals surface area contributed by atoms with Gasteiger partial charge in [-0.1, -0.05) is 23.9 Å². The summed E-state index contributed by atoms with van der Waals surface area (Å²) in [7, 11) is 0. The van der Waals surface area contributed by atoms with E-state index in [0.29, 0.717) is 12.5 Å². The highest BCUT2D eigenvalue weighted by molar-refractivity contribution is 7.99. The van der Waals surface area contributed by atoms with Crippen molar-refractivity contribution in [1.29, 1.82) is 0 Å². The minimum atomic E-state index is -0.221. The van der Waals surface area contributed by atoms with Crippen molar-refractivity contribution < 1.29 is 9.21 Å². The summed E-state index contributed by atoms with van der Waals surface area (Å²) in [5.41, 5.74) is 0.920. The van der Waals surface area contributed by atoms with Crippen LogP contribution in [0.3, 0.4) is 0 Å². The molecular formula is C23H21N5O2S3. The molecule has 1 saturated carbocycles. The number of amides is 1. The Labute approximate surface area is 203 Å². The first-order chi connectivity index (χ1) is 16.3. The smallest absolute Gasteiger partial charge is 0.253 e. The van der Waals surface area contributed by atoms with Gasteiger partial charge in [-0.05, 0) is 47.9 Å². The van der Waals surface area contributed by atoms with E-state index in [1.807, 2.05) is 29.6 Å². The molecule has 1 aliphatic heterocycles. The Balaban J connectivity index is 1.20. The maximum absolute atomic E-state index is 13.3. The number of carbonyl (C=O) groups excluding carboxylic acids is 1. The number of hydrogen-bond donors (Lipinski definition) is 0. The van der Waals surface area contributed by atoms with E-state index in [1.165, 1.54) is 16.6 Å². The van der Waals surface area contributed by atoms with Crippen LogP contribution in [-0.4, -0.2) is 37.1 Å². The predicted octanol–water partition coefficient (Wildman–Crippen LogP) is 5.39. The molecule has 168 valence electrons. The molecule has 33 heavy (non-hydrogen) atoms. The third-order valence-corrected chi connectivity index (χ3v) is 8.45. The van der Waals surface area contributed by atoms with Crippen LogP contribution in [0.5, 0.6) is 0 Å². The van der Waals surface area contributed by atoms with Crippen LogP contribution in [0.1, 0.15) is 52.7 Å². The lowest BCUT2D eigenvalue weighted by atomic mass is 10.1. The molecule has 0 spiro atoms. The van der Waals surface area contributed by atoms with E-state index in [0.717, 1.165) is 46.6 Å². The zero-order chi connectivity index (χ0) is 22.2. The molecule has 1 aliphatic carbocycles. The normalized spacial score (nSPS) is 18.1. The lowest BCUT2D eigenvalue weighted by Gasteiger charge is -2.19. The van der Waals surface area contributed by atoms with E-state index in [-0.39, 0.29) is 17.7 Å². The van der Waals surface area contributed by atoms with Crippen LogP contribution in [0.25, 0.3) is 0 Å². The average molecular weight is 496 g/mol. The first kappa shape index (κ1) is 20.9. The highest BCUT2D eigenvalue weighted by atomic mass is 32.2. The summed E-state index contributed by atoms with van der Waals surface area (Å²) in [4.78, 5) is 15.7. The maximum atomic E-state index is 13.3. The number of thiophene rings is 2. The van der Waals surface area contributed by atoms with Gasteiger partial charge in [-0.15, -0.1) is 32.9 Å².